The van der Waals surface area contributed by atoms with E-state index in [-0.39, 0.29) is 5.91 Å². The number of methoxy groups -OCH3 is 2. The molecule has 0 unspecified atom stereocenters. The Morgan fingerprint density at radius 2 is 1.69 bits per heavy atom. The monoisotopic (exact) mass is 253 g/mol. The van der Waals surface area contributed by atoms with Gasteiger partial charge in [0.05, 0.1) is 18.5 Å². The Kier molecular flexibility index (Phi) is 8.38. The predicted octanol–water partition coefficient (Wildman–Crippen LogP) is 0.503. The predicted molar refractivity (Wildman–Crippen MR) is 54.1 cm³/mol. The summed E-state index contributed by atoms with van der Waals surface area (Å²) in [6.45, 7) is 2.35. The van der Waals surface area contributed by atoms with Crippen molar-refractivity contribution in [3.63, 3.8) is 0 Å². The molecular formula is C8H16BrNO3. The first-order valence-corrected chi connectivity index (χ1v) is 5.20. The molecule has 5 heteroatoms. The number of carbonyl (C=O) groups excluding carboxylic acids is 1. The van der Waals surface area contributed by atoms with Crippen molar-refractivity contribution in [2.24, 2.45) is 0 Å². The Labute approximate surface area is 87.3 Å². The summed E-state index contributed by atoms with van der Waals surface area (Å²) >= 11 is 3.13. The highest BCUT2D eigenvalue weighted by Gasteiger charge is 2.10. The van der Waals surface area contributed by atoms with Crippen LogP contribution in [-0.4, -0.2) is 56.7 Å². The second kappa shape index (κ2) is 8.47. The number of carbonyl (C=O) groups is 1. The van der Waals surface area contributed by atoms with E-state index in [9.17, 15) is 4.79 Å². The minimum atomic E-state index is 0.0640. The van der Waals surface area contributed by atoms with Gasteiger partial charge in [-0.3, -0.25) is 4.79 Å². The Morgan fingerprint density at radius 1 is 1.23 bits per heavy atom. The van der Waals surface area contributed by atoms with Crippen LogP contribution >= 0.6 is 15.9 Å². The van der Waals surface area contributed by atoms with E-state index in [1.54, 1.807) is 19.1 Å². The van der Waals surface area contributed by atoms with Crippen molar-refractivity contribution in [3.05, 3.63) is 0 Å². The molecule has 0 aliphatic rings. The van der Waals surface area contributed by atoms with Gasteiger partial charge in [-0.25, -0.2) is 0 Å². The summed E-state index contributed by atoms with van der Waals surface area (Å²) < 4.78 is 9.79. The average molecular weight is 254 g/mol. The number of amides is 1. The topological polar surface area (TPSA) is 38.8 Å². The quantitative estimate of drug-likeness (QED) is 0.621. The third kappa shape index (κ3) is 6.01. The van der Waals surface area contributed by atoms with E-state index in [0.29, 0.717) is 31.6 Å². The summed E-state index contributed by atoms with van der Waals surface area (Å²) in [5, 5.41) is 0.348. The van der Waals surface area contributed by atoms with Crippen molar-refractivity contribution >= 4 is 21.8 Å². The molecule has 0 spiro atoms. The van der Waals surface area contributed by atoms with Crippen LogP contribution in [0.2, 0.25) is 0 Å². The number of ether oxygens (including phenoxy) is 2. The van der Waals surface area contributed by atoms with E-state index in [0.717, 1.165) is 0 Å². The molecule has 0 aliphatic heterocycles. The number of hydrogen-bond acceptors (Lipinski definition) is 3. The molecule has 0 heterocycles. The minimum absolute atomic E-state index is 0.0640. The second-order valence-corrected chi connectivity index (χ2v) is 3.06. The summed E-state index contributed by atoms with van der Waals surface area (Å²) in [7, 11) is 3.24. The van der Waals surface area contributed by atoms with Gasteiger partial charge in [0.25, 0.3) is 0 Å². The van der Waals surface area contributed by atoms with Crippen LogP contribution in [0.5, 0.6) is 0 Å². The fraction of sp³-hybridized carbons (Fsp3) is 0.875. The molecule has 0 atom stereocenters. The maximum absolute atomic E-state index is 11.3. The van der Waals surface area contributed by atoms with Crippen molar-refractivity contribution in [1.29, 1.82) is 0 Å². The van der Waals surface area contributed by atoms with E-state index in [1.807, 2.05) is 0 Å². The molecule has 0 bridgehead atoms. The maximum Gasteiger partial charge on any atom is 0.233 e. The number of hydrogen-bond donors (Lipinski definition) is 0. The molecule has 0 aliphatic carbocycles. The minimum Gasteiger partial charge on any atom is -0.383 e. The molecule has 0 radical (unpaired) electrons. The van der Waals surface area contributed by atoms with E-state index in [1.165, 1.54) is 0 Å². The van der Waals surface area contributed by atoms with Crippen LogP contribution in [0.1, 0.15) is 0 Å². The Balaban J connectivity index is 3.79. The smallest absolute Gasteiger partial charge is 0.233 e. The molecule has 0 aromatic heterocycles. The number of alkyl halides is 1. The van der Waals surface area contributed by atoms with E-state index in [2.05, 4.69) is 15.9 Å². The van der Waals surface area contributed by atoms with Crippen LogP contribution in [0.15, 0.2) is 0 Å². The van der Waals surface area contributed by atoms with Crippen LogP contribution < -0.4 is 0 Å². The zero-order chi connectivity index (χ0) is 10.1. The number of rotatable bonds is 7. The molecule has 0 aromatic carbocycles. The molecule has 78 valence electrons. The highest BCUT2D eigenvalue weighted by Crippen LogP contribution is 1.94. The van der Waals surface area contributed by atoms with E-state index >= 15 is 0 Å². The Hall–Kier alpha value is -0.130. The van der Waals surface area contributed by atoms with Gasteiger partial charge in [-0.1, -0.05) is 15.9 Å². The molecule has 13 heavy (non-hydrogen) atoms. The van der Waals surface area contributed by atoms with E-state index in [4.69, 9.17) is 9.47 Å². The zero-order valence-electron chi connectivity index (χ0n) is 8.09. The molecule has 0 saturated carbocycles. The first-order chi connectivity index (χ1) is 6.26. The highest BCUT2D eigenvalue weighted by atomic mass is 79.9. The zero-order valence-corrected chi connectivity index (χ0v) is 9.67. The lowest BCUT2D eigenvalue weighted by molar-refractivity contribution is -0.129. The summed E-state index contributed by atoms with van der Waals surface area (Å²) in [5.41, 5.74) is 0. The molecule has 1 amide bonds. The number of halogens is 1. The third-order valence-corrected chi connectivity index (χ3v) is 2.08. The molecule has 0 fully saturated rings. The fourth-order valence-electron chi connectivity index (χ4n) is 0.849. The highest BCUT2D eigenvalue weighted by molar-refractivity contribution is 9.09. The lowest BCUT2D eigenvalue weighted by Gasteiger charge is -2.20. The van der Waals surface area contributed by atoms with Crippen molar-refractivity contribution < 1.29 is 14.3 Å². The summed E-state index contributed by atoms with van der Waals surface area (Å²) in [4.78, 5) is 13.0. The van der Waals surface area contributed by atoms with Gasteiger partial charge in [-0.15, -0.1) is 0 Å². The Morgan fingerprint density at radius 3 is 2.00 bits per heavy atom. The largest absolute Gasteiger partial charge is 0.383 e. The summed E-state index contributed by atoms with van der Waals surface area (Å²) in [6.07, 6.45) is 0. The molecule has 0 rings (SSSR count). The van der Waals surface area contributed by atoms with Gasteiger partial charge in [0.1, 0.15) is 0 Å². The normalized spacial score (nSPS) is 10.1. The Bertz CT molecular complexity index is 135. The lowest BCUT2D eigenvalue weighted by Crippen LogP contribution is -2.37. The van der Waals surface area contributed by atoms with Crippen LogP contribution in [0.4, 0.5) is 0 Å². The van der Waals surface area contributed by atoms with Gasteiger partial charge in [0, 0.05) is 27.3 Å². The van der Waals surface area contributed by atoms with Gasteiger partial charge in [-0.2, -0.15) is 0 Å². The SMILES string of the molecule is COCCN(CCOC)C(=O)CBr. The first kappa shape index (κ1) is 12.9. The summed E-state index contributed by atoms with van der Waals surface area (Å²) in [6, 6.07) is 0. The standard InChI is InChI=1S/C8H16BrNO3/c1-12-5-3-10(4-6-13-2)8(11)7-9/h3-7H2,1-2H3. The van der Waals surface area contributed by atoms with Gasteiger partial charge < -0.3 is 14.4 Å². The number of nitrogens with zero attached hydrogens (tertiary/aromatic N) is 1. The van der Waals surface area contributed by atoms with Crippen molar-refractivity contribution in [1.82, 2.24) is 4.90 Å². The van der Waals surface area contributed by atoms with Crippen molar-refractivity contribution in [2.45, 2.75) is 0 Å². The first-order valence-electron chi connectivity index (χ1n) is 4.07. The van der Waals surface area contributed by atoms with Crippen LogP contribution in [0.3, 0.4) is 0 Å². The maximum atomic E-state index is 11.3. The van der Waals surface area contributed by atoms with Crippen LogP contribution in [0, 0.1) is 0 Å². The van der Waals surface area contributed by atoms with Gasteiger partial charge >= 0.3 is 0 Å². The van der Waals surface area contributed by atoms with E-state index < -0.39 is 0 Å². The van der Waals surface area contributed by atoms with Gasteiger partial charge in [0.15, 0.2) is 0 Å². The van der Waals surface area contributed by atoms with Gasteiger partial charge in [-0.05, 0) is 0 Å². The van der Waals surface area contributed by atoms with Crippen molar-refractivity contribution in [2.75, 3.05) is 45.9 Å². The van der Waals surface area contributed by atoms with Crippen LogP contribution in [-0.2, 0) is 14.3 Å². The van der Waals surface area contributed by atoms with Gasteiger partial charge in [0.2, 0.25) is 5.91 Å². The molecule has 4 nitrogen and oxygen atoms in total. The average Bonchev–Trinajstić information content (AvgIpc) is 2.17. The lowest BCUT2D eigenvalue weighted by atomic mass is 10.4. The molecule has 0 saturated heterocycles. The fourth-order valence-corrected chi connectivity index (χ4v) is 1.20. The van der Waals surface area contributed by atoms with Crippen molar-refractivity contribution in [3.8, 4) is 0 Å². The molecule has 0 N–H and O–H groups in total. The molecular weight excluding hydrogens is 238 g/mol. The van der Waals surface area contributed by atoms with Crippen LogP contribution in [0.25, 0.3) is 0 Å². The third-order valence-electron chi connectivity index (χ3n) is 1.60. The summed E-state index contributed by atoms with van der Waals surface area (Å²) in [5.74, 6) is 0.0640. The second-order valence-electron chi connectivity index (χ2n) is 2.50. The molecule has 0 aromatic rings.